The van der Waals surface area contributed by atoms with Crippen LogP contribution < -0.4 is 51.4 Å². The maximum absolute atomic E-state index is 11.6. The normalized spacial score (nSPS) is 11.4. The Morgan fingerprint density at radius 2 is 1.76 bits per heavy atom. The predicted molar refractivity (Wildman–Crippen MR) is 79.3 cm³/mol. The molecular formula is C14H26KNO4S. The van der Waals surface area contributed by atoms with Crippen molar-refractivity contribution in [2.45, 2.75) is 51.9 Å². The molecule has 0 saturated carbocycles. The molecule has 0 aliphatic rings. The maximum atomic E-state index is 11.6. The van der Waals surface area contributed by atoms with Crippen LogP contribution >= 0.6 is 0 Å². The molecule has 0 aliphatic heterocycles. The Labute approximate surface area is 171 Å². The molecule has 0 unspecified atom stereocenters. The number of amides is 1. The van der Waals surface area contributed by atoms with Gasteiger partial charge in [0.05, 0.1) is 10.1 Å². The molecular weight excluding hydrogens is 317 g/mol. The van der Waals surface area contributed by atoms with Gasteiger partial charge in [-0.05, 0) is 25.3 Å². The van der Waals surface area contributed by atoms with Crippen LogP contribution in [0.2, 0.25) is 0 Å². The van der Waals surface area contributed by atoms with E-state index in [1.54, 1.807) is 7.05 Å². The van der Waals surface area contributed by atoms with Gasteiger partial charge in [-0.25, -0.2) is 8.42 Å². The van der Waals surface area contributed by atoms with Gasteiger partial charge in [-0.3, -0.25) is 4.79 Å². The van der Waals surface area contributed by atoms with E-state index in [4.69, 9.17) is 0 Å². The van der Waals surface area contributed by atoms with Crippen LogP contribution in [-0.2, 0) is 14.9 Å². The fourth-order valence-electron chi connectivity index (χ4n) is 1.77. The van der Waals surface area contributed by atoms with Gasteiger partial charge in [0.25, 0.3) is 0 Å². The zero-order valence-corrected chi connectivity index (χ0v) is 17.4. The summed E-state index contributed by atoms with van der Waals surface area (Å²) in [4.78, 5) is 13.1. The van der Waals surface area contributed by atoms with E-state index in [9.17, 15) is 17.8 Å². The van der Waals surface area contributed by atoms with Gasteiger partial charge < -0.3 is 9.45 Å². The first-order valence-corrected chi connectivity index (χ1v) is 8.79. The molecule has 0 saturated heterocycles. The van der Waals surface area contributed by atoms with Gasteiger partial charge >= 0.3 is 51.4 Å². The molecule has 1 amide bonds. The van der Waals surface area contributed by atoms with Crippen molar-refractivity contribution in [2.75, 3.05) is 19.3 Å². The second-order valence-electron chi connectivity index (χ2n) is 4.98. The first kappa shape index (κ1) is 24.0. The SMILES string of the molecule is CCCCCCC/C=C/C(=O)N(C)CCCS(=O)(=O)[O-].[K+]. The Bertz CT molecular complexity index is 396. The zero-order valence-electron chi connectivity index (χ0n) is 13.5. The van der Waals surface area contributed by atoms with E-state index in [-0.39, 0.29) is 70.3 Å². The van der Waals surface area contributed by atoms with Crippen molar-refractivity contribution in [2.24, 2.45) is 0 Å². The van der Waals surface area contributed by atoms with Gasteiger partial charge in [0.1, 0.15) is 0 Å². The van der Waals surface area contributed by atoms with Crippen molar-refractivity contribution in [3.63, 3.8) is 0 Å². The van der Waals surface area contributed by atoms with Crippen molar-refractivity contribution in [1.82, 2.24) is 4.90 Å². The summed E-state index contributed by atoms with van der Waals surface area (Å²) in [5.41, 5.74) is 0. The standard InChI is InChI=1S/C14H27NO4S.K/c1-3-4-5-6-7-8-9-11-14(16)15(2)12-10-13-20(17,18)19;/h9,11H,3-8,10,12-13H2,1-2H3,(H,17,18,19);/q;+1/p-1/b11-9+;. The summed E-state index contributed by atoms with van der Waals surface area (Å²) in [6.45, 7) is 2.45. The van der Waals surface area contributed by atoms with Crippen molar-refractivity contribution < 1.29 is 69.1 Å². The van der Waals surface area contributed by atoms with E-state index in [0.717, 1.165) is 12.8 Å². The summed E-state index contributed by atoms with van der Waals surface area (Å²) in [5, 5.41) is 0. The summed E-state index contributed by atoms with van der Waals surface area (Å²) in [7, 11) is -2.58. The van der Waals surface area contributed by atoms with Gasteiger partial charge in [0.15, 0.2) is 0 Å². The number of allylic oxidation sites excluding steroid dienone is 1. The first-order valence-electron chi connectivity index (χ1n) is 7.22. The quantitative estimate of drug-likeness (QED) is 0.215. The first-order chi connectivity index (χ1) is 9.37. The molecule has 0 heterocycles. The molecule has 0 aromatic rings. The molecule has 0 radical (unpaired) electrons. The maximum Gasteiger partial charge on any atom is 1.00 e. The van der Waals surface area contributed by atoms with Crippen LogP contribution in [0.5, 0.6) is 0 Å². The van der Waals surface area contributed by atoms with E-state index in [1.165, 1.54) is 36.7 Å². The van der Waals surface area contributed by atoms with E-state index in [1.807, 2.05) is 6.08 Å². The topological polar surface area (TPSA) is 77.5 Å². The van der Waals surface area contributed by atoms with E-state index >= 15 is 0 Å². The summed E-state index contributed by atoms with van der Waals surface area (Å²) >= 11 is 0. The third-order valence-electron chi connectivity index (χ3n) is 3.00. The Balaban J connectivity index is 0. The van der Waals surface area contributed by atoms with Gasteiger partial charge in [0, 0.05) is 19.3 Å². The molecule has 0 atom stereocenters. The minimum atomic E-state index is -4.18. The summed E-state index contributed by atoms with van der Waals surface area (Å²) in [6, 6.07) is 0. The molecule has 0 spiro atoms. The fraction of sp³-hybridized carbons (Fsp3) is 0.786. The summed E-state index contributed by atoms with van der Waals surface area (Å²) in [5.74, 6) is -0.576. The molecule has 0 N–H and O–H groups in total. The van der Waals surface area contributed by atoms with E-state index < -0.39 is 15.9 Å². The van der Waals surface area contributed by atoms with Gasteiger partial charge in [-0.2, -0.15) is 0 Å². The smallest absolute Gasteiger partial charge is 0.748 e. The Morgan fingerprint density at radius 3 is 2.33 bits per heavy atom. The molecule has 21 heavy (non-hydrogen) atoms. The second kappa shape index (κ2) is 14.4. The summed E-state index contributed by atoms with van der Waals surface area (Å²) in [6.07, 6.45) is 10.4. The number of carbonyl (C=O) groups is 1. The van der Waals surface area contributed by atoms with Crippen LogP contribution in [0.15, 0.2) is 12.2 Å². The minimum absolute atomic E-state index is 0. The van der Waals surface area contributed by atoms with Crippen LogP contribution in [0.4, 0.5) is 0 Å². The molecule has 0 aromatic heterocycles. The van der Waals surface area contributed by atoms with Gasteiger partial charge in [-0.1, -0.05) is 38.7 Å². The Morgan fingerprint density at radius 1 is 1.14 bits per heavy atom. The molecule has 0 aliphatic carbocycles. The van der Waals surface area contributed by atoms with Crippen LogP contribution in [0.3, 0.4) is 0 Å². The Hall–Kier alpha value is 0.756. The van der Waals surface area contributed by atoms with Crippen LogP contribution in [0, 0.1) is 0 Å². The second-order valence-corrected chi connectivity index (χ2v) is 6.50. The molecule has 7 heteroatoms. The van der Waals surface area contributed by atoms with Crippen molar-refractivity contribution in [1.29, 1.82) is 0 Å². The number of hydrogen-bond donors (Lipinski definition) is 0. The average Bonchev–Trinajstić information content (AvgIpc) is 2.35. The number of nitrogens with zero attached hydrogens (tertiary/aromatic N) is 1. The third kappa shape index (κ3) is 16.9. The molecule has 0 rings (SSSR count). The number of rotatable bonds is 11. The zero-order chi connectivity index (χ0) is 15.4. The fourth-order valence-corrected chi connectivity index (χ4v) is 2.25. The van der Waals surface area contributed by atoms with Crippen LogP contribution in [0.1, 0.15) is 51.9 Å². The van der Waals surface area contributed by atoms with Crippen LogP contribution in [-0.4, -0.2) is 43.1 Å². The van der Waals surface area contributed by atoms with Crippen molar-refractivity contribution in [3.05, 3.63) is 12.2 Å². The van der Waals surface area contributed by atoms with Crippen LogP contribution in [0.25, 0.3) is 0 Å². The number of likely N-dealkylation sites (N-methyl/N-ethyl adjacent to an activating group) is 1. The average molecular weight is 344 g/mol. The van der Waals surface area contributed by atoms with E-state index in [0.29, 0.717) is 0 Å². The Kier molecular flexibility index (Phi) is 16.4. The third-order valence-corrected chi connectivity index (χ3v) is 3.79. The molecule has 0 fully saturated rings. The minimum Gasteiger partial charge on any atom is -0.748 e. The summed E-state index contributed by atoms with van der Waals surface area (Å²) < 4.78 is 31.3. The largest absolute Gasteiger partial charge is 1.00 e. The molecule has 0 aromatic carbocycles. The monoisotopic (exact) mass is 343 g/mol. The van der Waals surface area contributed by atoms with Crippen molar-refractivity contribution in [3.8, 4) is 0 Å². The van der Waals surface area contributed by atoms with E-state index in [2.05, 4.69) is 6.92 Å². The van der Waals surface area contributed by atoms with Gasteiger partial charge in [0.2, 0.25) is 5.91 Å². The number of carbonyl (C=O) groups excluding carboxylic acids is 1. The van der Waals surface area contributed by atoms with Gasteiger partial charge in [-0.15, -0.1) is 0 Å². The molecule has 118 valence electrons. The number of unbranched alkanes of at least 4 members (excludes halogenated alkanes) is 5. The molecule has 5 nitrogen and oxygen atoms in total. The van der Waals surface area contributed by atoms with Crippen molar-refractivity contribution >= 4 is 16.0 Å². The molecule has 0 bridgehead atoms. The predicted octanol–water partition coefficient (Wildman–Crippen LogP) is -0.699. The number of hydrogen-bond acceptors (Lipinski definition) is 4.